The summed E-state index contributed by atoms with van der Waals surface area (Å²) in [5.74, 6) is -0.199. The van der Waals surface area contributed by atoms with Crippen molar-refractivity contribution < 1.29 is 4.92 Å². The number of rotatable bonds is 4. The zero-order valence-corrected chi connectivity index (χ0v) is 10.6. The lowest BCUT2D eigenvalue weighted by molar-refractivity contribution is -0.390. The molecule has 0 unspecified atom stereocenters. The van der Waals surface area contributed by atoms with Crippen molar-refractivity contribution in [3.8, 4) is 6.07 Å². The number of halogens is 1. The first kappa shape index (κ1) is 12.6. The van der Waals surface area contributed by atoms with Crippen LogP contribution in [0.15, 0.2) is 10.7 Å². The first-order valence-electron chi connectivity index (χ1n) is 4.64. The van der Waals surface area contributed by atoms with Crippen LogP contribution in [0.5, 0.6) is 0 Å². The third kappa shape index (κ3) is 3.03. The summed E-state index contributed by atoms with van der Waals surface area (Å²) in [4.78, 5) is 9.99. The monoisotopic (exact) mass is 286 g/mol. The van der Waals surface area contributed by atoms with Crippen molar-refractivity contribution in [1.29, 1.82) is 5.26 Å². The van der Waals surface area contributed by atoms with Crippen LogP contribution in [-0.2, 0) is 6.54 Å². The second kappa shape index (κ2) is 4.61. The van der Waals surface area contributed by atoms with E-state index in [0.717, 1.165) is 0 Å². The minimum atomic E-state index is -0.546. The molecule has 86 valence electrons. The summed E-state index contributed by atoms with van der Waals surface area (Å²) in [6.45, 7) is 4.12. The third-order valence-corrected chi connectivity index (χ3v) is 2.70. The lowest BCUT2D eigenvalue weighted by Gasteiger charge is -2.12. The second-order valence-electron chi connectivity index (χ2n) is 4.07. The highest BCUT2D eigenvalue weighted by Gasteiger charge is 2.21. The van der Waals surface area contributed by atoms with Crippen LogP contribution in [-0.4, -0.2) is 14.7 Å². The van der Waals surface area contributed by atoms with Crippen LogP contribution < -0.4 is 0 Å². The number of nitrogens with zero attached hydrogens (tertiary/aromatic N) is 4. The Labute approximate surface area is 101 Å². The van der Waals surface area contributed by atoms with Crippen LogP contribution in [0.25, 0.3) is 0 Å². The SMILES string of the molecule is CC(C)(C#N)CCn1cc(Br)c([N+](=O)[O-])n1. The number of hydrogen-bond donors (Lipinski definition) is 0. The molecular weight excluding hydrogens is 276 g/mol. The fraction of sp³-hybridized carbons (Fsp3) is 0.556. The maximum Gasteiger partial charge on any atom is 0.404 e. The van der Waals surface area contributed by atoms with E-state index in [0.29, 0.717) is 17.4 Å². The molecule has 0 aliphatic heterocycles. The van der Waals surface area contributed by atoms with E-state index >= 15 is 0 Å². The number of aryl methyl sites for hydroxylation is 1. The van der Waals surface area contributed by atoms with Crippen LogP contribution in [0.4, 0.5) is 5.82 Å². The van der Waals surface area contributed by atoms with Gasteiger partial charge >= 0.3 is 5.82 Å². The molecule has 0 atom stereocenters. The van der Waals surface area contributed by atoms with E-state index in [9.17, 15) is 10.1 Å². The molecule has 0 saturated heterocycles. The second-order valence-corrected chi connectivity index (χ2v) is 4.92. The highest BCUT2D eigenvalue weighted by atomic mass is 79.9. The van der Waals surface area contributed by atoms with Gasteiger partial charge in [0.2, 0.25) is 0 Å². The summed E-state index contributed by atoms with van der Waals surface area (Å²) < 4.78 is 1.83. The Kier molecular flexibility index (Phi) is 3.65. The van der Waals surface area contributed by atoms with E-state index in [1.54, 1.807) is 6.20 Å². The standard InChI is InChI=1S/C9H11BrN4O2/c1-9(2,6-11)3-4-13-5-7(10)8(12-13)14(15)16/h5H,3-4H2,1-2H3. The maximum atomic E-state index is 10.5. The van der Waals surface area contributed by atoms with Crippen molar-refractivity contribution in [3.05, 3.63) is 20.8 Å². The van der Waals surface area contributed by atoms with Crippen molar-refractivity contribution in [2.24, 2.45) is 5.41 Å². The molecule has 0 aliphatic rings. The van der Waals surface area contributed by atoms with Crippen LogP contribution in [0.2, 0.25) is 0 Å². The molecule has 0 saturated carbocycles. The quantitative estimate of drug-likeness (QED) is 0.629. The molecule has 1 aromatic rings. The third-order valence-electron chi connectivity index (χ3n) is 2.14. The van der Waals surface area contributed by atoms with Crippen molar-refractivity contribution in [1.82, 2.24) is 9.78 Å². The van der Waals surface area contributed by atoms with Crippen LogP contribution in [0.1, 0.15) is 20.3 Å². The van der Waals surface area contributed by atoms with Crippen LogP contribution >= 0.6 is 15.9 Å². The highest BCUT2D eigenvalue weighted by molar-refractivity contribution is 9.10. The zero-order chi connectivity index (χ0) is 12.3. The van der Waals surface area contributed by atoms with Crippen LogP contribution in [0.3, 0.4) is 0 Å². The Hall–Kier alpha value is -1.42. The molecule has 0 amide bonds. The van der Waals surface area contributed by atoms with Gasteiger partial charge in [0.25, 0.3) is 0 Å². The summed E-state index contributed by atoms with van der Waals surface area (Å²) in [6.07, 6.45) is 2.14. The van der Waals surface area contributed by atoms with Gasteiger partial charge in [-0.3, -0.25) is 0 Å². The minimum Gasteiger partial charge on any atom is -0.358 e. The maximum absolute atomic E-state index is 10.5. The molecule has 0 N–H and O–H groups in total. The Morgan fingerprint density at radius 3 is 2.81 bits per heavy atom. The van der Waals surface area contributed by atoms with Gasteiger partial charge in [-0.2, -0.15) is 9.94 Å². The fourth-order valence-corrected chi connectivity index (χ4v) is 1.54. The molecule has 16 heavy (non-hydrogen) atoms. The minimum absolute atomic E-state index is 0.199. The molecule has 0 aromatic carbocycles. The molecule has 7 heteroatoms. The summed E-state index contributed by atoms with van der Waals surface area (Å²) in [6, 6.07) is 2.17. The van der Waals surface area contributed by atoms with Gasteiger partial charge in [0.05, 0.1) is 29.3 Å². The summed E-state index contributed by atoms with van der Waals surface area (Å²) in [5, 5.41) is 23.2. The predicted molar refractivity (Wildman–Crippen MR) is 60.6 cm³/mol. The average molecular weight is 287 g/mol. The molecule has 1 rings (SSSR count). The van der Waals surface area contributed by atoms with E-state index in [2.05, 4.69) is 27.1 Å². The molecule has 0 bridgehead atoms. The van der Waals surface area contributed by atoms with Gasteiger partial charge in [-0.25, -0.2) is 0 Å². The molecule has 1 aromatic heterocycles. The Morgan fingerprint density at radius 1 is 1.75 bits per heavy atom. The molecule has 6 nitrogen and oxygen atoms in total. The smallest absolute Gasteiger partial charge is 0.358 e. The highest BCUT2D eigenvalue weighted by Crippen LogP contribution is 2.24. The van der Waals surface area contributed by atoms with Gasteiger partial charge in [0.15, 0.2) is 0 Å². The predicted octanol–water partition coefficient (Wildman–Crippen LogP) is 2.49. The summed E-state index contributed by atoms with van der Waals surface area (Å²) in [5.41, 5.74) is -0.451. The topological polar surface area (TPSA) is 84.8 Å². The Morgan fingerprint density at radius 2 is 2.38 bits per heavy atom. The largest absolute Gasteiger partial charge is 0.404 e. The Balaban J connectivity index is 2.74. The van der Waals surface area contributed by atoms with Gasteiger partial charge in [-0.15, -0.1) is 0 Å². The summed E-state index contributed by atoms with van der Waals surface area (Å²) in [7, 11) is 0. The van der Waals surface area contributed by atoms with E-state index < -0.39 is 10.3 Å². The van der Waals surface area contributed by atoms with E-state index in [-0.39, 0.29) is 5.82 Å². The van der Waals surface area contributed by atoms with Crippen molar-refractivity contribution in [2.75, 3.05) is 0 Å². The van der Waals surface area contributed by atoms with Gasteiger partial charge in [-0.05, 0) is 41.1 Å². The molecule has 0 fully saturated rings. The Bertz CT molecular complexity index is 447. The van der Waals surface area contributed by atoms with Crippen molar-refractivity contribution in [3.63, 3.8) is 0 Å². The lowest BCUT2D eigenvalue weighted by Crippen LogP contribution is -2.12. The normalized spacial score (nSPS) is 11.1. The number of nitriles is 1. The van der Waals surface area contributed by atoms with Crippen LogP contribution in [0, 0.1) is 26.9 Å². The van der Waals surface area contributed by atoms with E-state index in [1.165, 1.54) is 4.68 Å². The van der Waals surface area contributed by atoms with Gasteiger partial charge in [0.1, 0.15) is 4.47 Å². The molecular formula is C9H11BrN4O2. The fourth-order valence-electron chi connectivity index (χ4n) is 1.08. The first-order valence-corrected chi connectivity index (χ1v) is 5.43. The average Bonchev–Trinajstić information content (AvgIpc) is 2.57. The first-order chi connectivity index (χ1) is 7.35. The van der Waals surface area contributed by atoms with Crippen molar-refractivity contribution >= 4 is 21.7 Å². The van der Waals surface area contributed by atoms with Crippen molar-refractivity contribution in [2.45, 2.75) is 26.8 Å². The number of hydrogen-bond acceptors (Lipinski definition) is 4. The summed E-state index contributed by atoms with van der Waals surface area (Å²) >= 11 is 3.07. The molecule has 0 radical (unpaired) electrons. The molecule has 0 spiro atoms. The van der Waals surface area contributed by atoms with E-state index in [1.807, 2.05) is 13.8 Å². The number of nitro groups is 1. The van der Waals surface area contributed by atoms with Gasteiger partial charge < -0.3 is 10.1 Å². The number of aromatic nitrogens is 2. The molecule has 1 heterocycles. The van der Waals surface area contributed by atoms with Gasteiger partial charge in [-0.1, -0.05) is 0 Å². The zero-order valence-electron chi connectivity index (χ0n) is 8.97. The lowest BCUT2D eigenvalue weighted by atomic mass is 9.92. The van der Waals surface area contributed by atoms with Gasteiger partial charge in [0, 0.05) is 0 Å². The molecule has 0 aliphatic carbocycles. The van der Waals surface area contributed by atoms with E-state index in [4.69, 9.17) is 5.26 Å².